The van der Waals surface area contributed by atoms with Crippen LogP contribution in [0.1, 0.15) is 12.2 Å². The highest BCUT2D eigenvalue weighted by Crippen LogP contribution is 2.14. The number of likely N-dealkylation sites (tertiary alicyclic amines) is 1. The van der Waals surface area contributed by atoms with Gasteiger partial charge in [-0.3, -0.25) is 0 Å². The fourth-order valence-corrected chi connectivity index (χ4v) is 2.10. The van der Waals surface area contributed by atoms with E-state index in [0.717, 1.165) is 31.9 Å². The molecule has 0 spiro atoms. The maximum absolute atomic E-state index is 5.66. The van der Waals surface area contributed by atoms with E-state index in [4.69, 9.17) is 5.73 Å². The van der Waals surface area contributed by atoms with Crippen molar-refractivity contribution in [1.29, 1.82) is 0 Å². The molecule has 0 saturated carbocycles. The predicted molar refractivity (Wildman–Crippen MR) is 58.3 cm³/mol. The van der Waals surface area contributed by atoms with Crippen molar-refractivity contribution in [2.24, 2.45) is 18.7 Å². The second kappa shape index (κ2) is 4.72. The minimum absolute atomic E-state index is 0.699. The van der Waals surface area contributed by atoms with Gasteiger partial charge in [-0.05, 0) is 25.4 Å². The van der Waals surface area contributed by atoms with Crippen LogP contribution >= 0.6 is 0 Å². The Kier molecular flexibility index (Phi) is 3.33. The summed E-state index contributed by atoms with van der Waals surface area (Å²) in [5, 5.41) is 7.95. The third-order valence-electron chi connectivity index (χ3n) is 3.16. The fourth-order valence-electron chi connectivity index (χ4n) is 2.10. The van der Waals surface area contributed by atoms with Crippen LogP contribution in [-0.2, 0) is 13.5 Å². The van der Waals surface area contributed by atoms with Crippen molar-refractivity contribution >= 4 is 0 Å². The molecule has 5 nitrogen and oxygen atoms in total. The van der Waals surface area contributed by atoms with E-state index in [-0.39, 0.29) is 0 Å². The summed E-state index contributed by atoms with van der Waals surface area (Å²) in [5.41, 5.74) is 5.66. The fraction of sp³-hybridized carbons (Fsp3) is 0.800. The maximum atomic E-state index is 5.66. The Labute approximate surface area is 90.3 Å². The average molecular weight is 209 g/mol. The van der Waals surface area contributed by atoms with Gasteiger partial charge >= 0.3 is 0 Å². The maximum Gasteiger partial charge on any atom is 0.133 e. The number of nitrogens with zero attached hydrogens (tertiary/aromatic N) is 4. The summed E-state index contributed by atoms with van der Waals surface area (Å²) in [6.07, 6.45) is 3.98. The number of rotatable bonds is 4. The van der Waals surface area contributed by atoms with Gasteiger partial charge < -0.3 is 15.2 Å². The summed E-state index contributed by atoms with van der Waals surface area (Å²) >= 11 is 0. The lowest BCUT2D eigenvalue weighted by Crippen LogP contribution is -2.26. The molecule has 2 N–H and O–H groups in total. The second-order valence-corrected chi connectivity index (χ2v) is 4.30. The molecule has 0 bridgehead atoms. The van der Waals surface area contributed by atoms with E-state index >= 15 is 0 Å². The Bertz CT molecular complexity index is 309. The summed E-state index contributed by atoms with van der Waals surface area (Å²) in [7, 11) is 1.99. The van der Waals surface area contributed by atoms with Gasteiger partial charge in [-0.25, -0.2) is 0 Å². The van der Waals surface area contributed by atoms with Crippen molar-refractivity contribution in [3.8, 4) is 0 Å². The van der Waals surface area contributed by atoms with Gasteiger partial charge in [0.15, 0.2) is 0 Å². The molecule has 1 aromatic rings. The number of hydrogen-bond donors (Lipinski definition) is 1. The summed E-state index contributed by atoms with van der Waals surface area (Å²) in [6.45, 7) is 4.22. The van der Waals surface area contributed by atoms with E-state index in [9.17, 15) is 0 Å². The molecule has 2 heterocycles. The minimum Gasteiger partial charge on any atom is -0.330 e. The summed E-state index contributed by atoms with van der Waals surface area (Å²) in [6, 6.07) is 0. The molecule has 1 saturated heterocycles. The largest absolute Gasteiger partial charge is 0.330 e. The van der Waals surface area contributed by atoms with Gasteiger partial charge in [0.25, 0.3) is 0 Å². The highest BCUT2D eigenvalue weighted by atomic mass is 15.3. The zero-order valence-corrected chi connectivity index (χ0v) is 9.26. The smallest absolute Gasteiger partial charge is 0.133 e. The molecule has 1 fully saturated rings. The molecule has 1 aliphatic heterocycles. The van der Waals surface area contributed by atoms with Crippen LogP contribution in [0.15, 0.2) is 6.33 Å². The summed E-state index contributed by atoms with van der Waals surface area (Å²) < 4.78 is 1.98. The predicted octanol–water partition coefficient (Wildman–Crippen LogP) is -0.362. The standard InChI is InChI=1S/C10H19N5/c1-14-8-12-13-10(14)3-5-15-4-2-9(6-11)7-15/h8-9H,2-7,11H2,1H3. The van der Waals surface area contributed by atoms with Crippen LogP contribution in [0.3, 0.4) is 0 Å². The van der Waals surface area contributed by atoms with Crippen molar-refractivity contribution in [2.75, 3.05) is 26.2 Å². The number of aryl methyl sites for hydroxylation is 1. The van der Waals surface area contributed by atoms with E-state index < -0.39 is 0 Å². The van der Waals surface area contributed by atoms with Crippen LogP contribution < -0.4 is 5.73 Å². The van der Waals surface area contributed by atoms with Gasteiger partial charge in [-0.1, -0.05) is 0 Å². The van der Waals surface area contributed by atoms with Gasteiger partial charge in [0.05, 0.1) is 0 Å². The Hall–Kier alpha value is -0.940. The van der Waals surface area contributed by atoms with Crippen molar-refractivity contribution < 1.29 is 0 Å². The van der Waals surface area contributed by atoms with E-state index in [1.54, 1.807) is 6.33 Å². The first-order chi connectivity index (χ1) is 7.29. The van der Waals surface area contributed by atoms with Crippen molar-refractivity contribution in [1.82, 2.24) is 19.7 Å². The first-order valence-corrected chi connectivity index (χ1v) is 5.55. The Balaban J connectivity index is 1.77. The lowest BCUT2D eigenvalue weighted by atomic mass is 10.1. The molecule has 0 aliphatic carbocycles. The first-order valence-electron chi connectivity index (χ1n) is 5.55. The second-order valence-electron chi connectivity index (χ2n) is 4.30. The van der Waals surface area contributed by atoms with Crippen LogP contribution in [0.25, 0.3) is 0 Å². The summed E-state index contributed by atoms with van der Waals surface area (Å²) in [5.74, 6) is 1.76. The van der Waals surface area contributed by atoms with Gasteiger partial charge in [-0.2, -0.15) is 0 Å². The molecule has 0 aromatic carbocycles. The van der Waals surface area contributed by atoms with E-state index in [1.165, 1.54) is 13.0 Å². The SMILES string of the molecule is Cn1cnnc1CCN1CCC(CN)C1. The lowest BCUT2D eigenvalue weighted by molar-refractivity contribution is 0.326. The van der Waals surface area contributed by atoms with E-state index in [1.807, 2.05) is 11.6 Å². The van der Waals surface area contributed by atoms with Gasteiger partial charge in [0.1, 0.15) is 12.2 Å². The number of hydrogen-bond acceptors (Lipinski definition) is 4. The zero-order chi connectivity index (χ0) is 10.7. The average Bonchev–Trinajstić information content (AvgIpc) is 2.84. The van der Waals surface area contributed by atoms with Crippen molar-refractivity contribution in [3.63, 3.8) is 0 Å². The van der Waals surface area contributed by atoms with Crippen LogP contribution in [0, 0.1) is 5.92 Å². The molecule has 1 aliphatic rings. The molecule has 15 heavy (non-hydrogen) atoms. The lowest BCUT2D eigenvalue weighted by Gasteiger charge is -2.14. The van der Waals surface area contributed by atoms with Crippen LogP contribution in [0.2, 0.25) is 0 Å². The zero-order valence-electron chi connectivity index (χ0n) is 9.26. The van der Waals surface area contributed by atoms with Crippen molar-refractivity contribution in [2.45, 2.75) is 12.8 Å². The highest BCUT2D eigenvalue weighted by molar-refractivity contribution is 4.86. The van der Waals surface area contributed by atoms with Crippen LogP contribution in [0.4, 0.5) is 0 Å². The molecule has 1 atom stereocenters. The highest BCUT2D eigenvalue weighted by Gasteiger charge is 2.20. The van der Waals surface area contributed by atoms with Gasteiger partial charge in [0.2, 0.25) is 0 Å². The van der Waals surface area contributed by atoms with E-state index in [0.29, 0.717) is 5.92 Å². The number of aromatic nitrogens is 3. The topological polar surface area (TPSA) is 60.0 Å². The Morgan fingerprint density at radius 1 is 1.60 bits per heavy atom. The van der Waals surface area contributed by atoms with Gasteiger partial charge in [0, 0.05) is 26.6 Å². The Morgan fingerprint density at radius 2 is 2.47 bits per heavy atom. The minimum atomic E-state index is 0.699. The monoisotopic (exact) mass is 209 g/mol. The van der Waals surface area contributed by atoms with Crippen LogP contribution in [0.5, 0.6) is 0 Å². The molecule has 5 heteroatoms. The molecule has 1 aromatic heterocycles. The van der Waals surface area contributed by atoms with Crippen LogP contribution in [-0.4, -0.2) is 45.8 Å². The van der Waals surface area contributed by atoms with Crippen molar-refractivity contribution in [3.05, 3.63) is 12.2 Å². The molecular formula is C10H19N5. The number of nitrogens with two attached hydrogens (primary N) is 1. The Morgan fingerprint density at radius 3 is 3.07 bits per heavy atom. The first kappa shape index (κ1) is 10.6. The van der Waals surface area contributed by atoms with Gasteiger partial charge in [-0.15, -0.1) is 10.2 Å². The quantitative estimate of drug-likeness (QED) is 0.735. The molecular weight excluding hydrogens is 190 g/mol. The molecule has 84 valence electrons. The molecule has 0 radical (unpaired) electrons. The normalized spacial score (nSPS) is 22.4. The molecule has 0 amide bonds. The third kappa shape index (κ3) is 2.54. The molecule has 1 unspecified atom stereocenters. The summed E-state index contributed by atoms with van der Waals surface area (Å²) in [4.78, 5) is 2.46. The third-order valence-corrected chi connectivity index (χ3v) is 3.16. The molecule has 2 rings (SSSR count). The van der Waals surface area contributed by atoms with E-state index in [2.05, 4.69) is 15.1 Å².